The van der Waals surface area contributed by atoms with E-state index >= 15 is 0 Å². The number of carbonyl (C=O) groups is 2. The molecule has 0 radical (unpaired) electrons. The second-order valence-corrected chi connectivity index (χ2v) is 8.05. The van der Waals surface area contributed by atoms with Crippen molar-refractivity contribution in [2.75, 3.05) is 6.54 Å². The van der Waals surface area contributed by atoms with E-state index in [2.05, 4.69) is 42.0 Å². The van der Waals surface area contributed by atoms with Crippen LogP contribution in [-0.4, -0.2) is 40.7 Å². The molecule has 0 saturated carbocycles. The molecule has 10 heteroatoms. The van der Waals surface area contributed by atoms with Crippen LogP contribution in [0.5, 0.6) is 0 Å². The van der Waals surface area contributed by atoms with Crippen LogP contribution >= 0.6 is 15.9 Å². The summed E-state index contributed by atoms with van der Waals surface area (Å²) in [5, 5.41) is 6.39. The van der Waals surface area contributed by atoms with Crippen molar-refractivity contribution in [2.24, 2.45) is 0 Å². The summed E-state index contributed by atoms with van der Waals surface area (Å²) in [5.41, 5.74) is 5.10. The maximum atomic E-state index is 12.9. The van der Waals surface area contributed by atoms with E-state index < -0.39 is 12.1 Å². The van der Waals surface area contributed by atoms with Gasteiger partial charge in [-0.15, -0.1) is 0 Å². The lowest BCUT2D eigenvalue weighted by atomic mass is 10.1. The van der Waals surface area contributed by atoms with Crippen LogP contribution in [0, 0.1) is 0 Å². The fraction of sp³-hybridized carbons (Fsp3) is 0.227. The zero-order valence-corrected chi connectivity index (χ0v) is 18.6. The Kier molecular flexibility index (Phi) is 7.03. The van der Waals surface area contributed by atoms with Crippen LogP contribution in [0.2, 0.25) is 0 Å². The van der Waals surface area contributed by atoms with Gasteiger partial charge in [-0.05, 0) is 45.3 Å². The van der Waals surface area contributed by atoms with Crippen LogP contribution in [0.15, 0.2) is 65.5 Å². The predicted molar refractivity (Wildman–Crippen MR) is 121 cm³/mol. The highest BCUT2D eigenvalue weighted by atomic mass is 79.9. The van der Waals surface area contributed by atoms with E-state index in [0.717, 1.165) is 16.5 Å². The van der Waals surface area contributed by atoms with Crippen LogP contribution in [0.4, 0.5) is 4.79 Å². The number of pyridine rings is 1. The first-order chi connectivity index (χ1) is 15.6. The molecule has 9 nitrogen and oxygen atoms in total. The number of hydrogen-bond donors (Lipinski definition) is 4. The Morgan fingerprint density at radius 2 is 2.06 bits per heavy atom. The van der Waals surface area contributed by atoms with Gasteiger partial charge in [-0.25, -0.2) is 9.78 Å². The number of ether oxygens (including phenoxy) is 1. The van der Waals surface area contributed by atoms with E-state index in [4.69, 9.17) is 9.57 Å². The van der Waals surface area contributed by atoms with Gasteiger partial charge in [0.2, 0.25) is 5.91 Å². The number of nitrogens with zero attached hydrogens (tertiary/aromatic N) is 1. The molecule has 0 spiro atoms. The number of H-pyrrole nitrogens is 1. The average Bonchev–Trinajstić information content (AvgIpc) is 3.42. The number of fused-ring (bicyclic) bond motifs is 1. The summed E-state index contributed by atoms with van der Waals surface area (Å²) in [6.07, 6.45) is 4.54. The van der Waals surface area contributed by atoms with Crippen LogP contribution in [0.1, 0.15) is 11.1 Å². The summed E-state index contributed by atoms with van der Waals surface area (Å²) in [5.74, 6) is -0.347. The van der Waals surface area contributed by atoms with Crippen LogP contribution < -0.4 is 16.1 Å². The molecule has 4 N–H and O–H groups in total. The zero-order chi connectivity index (χ0) is 22.3. The maximum Gasteiger partial charge on any atom is 0.408 e. The van der Waals surface area contributed by atoms with E-state index in [-0.39, 0.29) is 31.6 Å². The van der Waals surface area contributed by atoms with Gasteiger partial charge in [-0.3, -0.25) is 15.1 Å². The molecule has 1 aliphatic rings. The zero-order valence-electron chi connectivity index (χ0n) is 17.0. The van der Waals surface area contributed by atoms with Crippen molar-refractivity contribution < 1.29 is 19.2 Å². The van der Waals surface area contributed by atoms with Gasteiger partial charge >= 0.3 is 6.09 Å². The molecule has 32 heavy (non-hydrogen) atoms. The monoisotopic (exact) mass is 499 g/mol. The number of amides is 2. The Bertz CT molecular complexity index is 1120. The molecule has 166 valence electrons. The summed E-state index contributed by atoms with van der Waals surface area (Å²) < 4.78 is 6.00. The largest absolute Gasteiger partial charge is 0.445 e. The minimum Gasteiger partial charge on any atom is -0.445 e. The fourth-order valence-corrected chi connectivity index (χ4v) is 3.69. The minimum absolute atomic E-state index is 0.110. The minimum atomic E-state index is -0.848. The number of hydrogen-bond acceptors (Lipinski definition) is 6. The second kappa shape index (κ2) is 10.3. The number of rotatable bonds is 8. The van der Waals surface area contributed by atoms with Crippen molar-refractivity contribution in [3.63, 3.8) is 0 Å². The van der Waals surface area contributed by atoms with E-state index in [0.29, 0.717) is 10.3 Å². The molecule has 0 bridgehead atoms. The number of hydroxylamine groups is 1. The second-order valence-electron chi connectivity index (χ2n) is 7.19. The number of nitrogens with one attached hydrogen (secondary N) is 4. The lowest BCUT2D eigenvalue weighted by Crippen LogP contribution is -2.49. The molecule has 4 rings (SSSR count). The van der Waals surface area contributed by atoms with Crippen molar-refractivity contribution in [1.82, 2.24) is 26.1 Å². The average molecular weight is 500 g/mol. The van der Waals surface area contributed by atoms with Gasteiger partial charge in [0.25, 0.3) is 0 Å². The summed E-state index contributed by atoms with van der Waals surface area (Å²) >= 11 is 3.28. The van der Waals surface area contributed by atoms with E-state index in [1.54, 1.807) is 18.5 Å². The molecule has 2 amide bonds. The van der Waals surface area contributed by atoms with Gasteiger partial charge in [-0.2, -0.15) is 0 Å². The molecular weight excluding hydrogens is 478 g/mol. The molecule has 1 aliphatic heterocycles. The Hall–Kier alpha value is -3.37. The van der Waals surface area contributed by atoms with Crippen molar-refractivity contribution in [3.05, 3.63) is 76.7 Å². The number of alkyl carbamates (subject to hydrolysis) is 1. The highest BCUT2D eigenvalue weighted by Gasteiger charge is 2.25. The summed E-state index contributed by atoms with van der Waals surface area (Å²) in [7, 11) is 0. The Labute approximate surface area is 192 Å². The maximum absolute atomic E-state index is 12.9. The molecule has 0 aliphatic carbocycles. The standard InChI is InChI=1S/C22H22BrN5O4/c23-19-10-16(32-28-19)12-26-21(29)18(9-15-11-25-20-17(15)7-4-8-24-20)27-22(30)31-13-14-5-2-1-3-6-14/h1-8,10-11,16,18,28H,9,12-13H2,(H,24,25)(H,26,29)(H,27,30). The van der Waals surface area contributed by atoms with Gasteiger partial charge in [0, 0.05) is 24.2 Å². The summed E-state index contributed by atoms with van der Waals surface area (Å²) in [4.78, 5) is 38.0. The third-order valence-electron chi connectivity index (χ3n) is 4.90. The Balaban J connectivity index is 1.42. The van der Waals surface area contributed by atoms with Crippen LogP contribution in [0.3, 0.4) is 0 Å². The van der Waals surface area contributed by atoms with Crippen molar-refractivity contribution in [3.8, 4) is 0 Å². The highest BCUT2D eigenvalue weighted by molar-refractivity contribution is 9.11. The molecule has 2 aromatic heterocycles. The smallest absolute Gasteiger partial charge is 0.408 e. The van der Waals surface area contributed by atoms with Crippen molar-refractivity contribution in [1.29, 1.82) is 0 Å². The first-order valence-corrected chi connectivity index (χ1v) is 10.8. The normalized spacial score (nSPS) is 16.2. The lowest BCUT2D eigenvalue weighted by Gasteiger charge is -2.19. The van der Waals surface area contributed by atoms with Gasteiger partial charge in [0.1, 0.15) is 29.0 Å². The lowest BCUT2D eigenvalue weighted by molar-refractivity contribution is -0.123. The van der Waals surface area contributed by atoms with Crippen molar-refractivity contribution >= 4 is 39.0 Å². The molecule has 0 fully saturated rings. The molecule has 3 aromatic rings. The van der Waals surface area contributed by atoms with Gasteiger partial charge in [-0.1, -0.05) is 30.3 Å². The first kappa shape index (κ1) is 21.8. The third kappa shape index (κ3) is 5.65. The molecule has 2 atom stereocenters. The quantitative estimate of drug-likeness (QED) is 0.354. The van der Waals surface area contributed by atoms with Crippen LogP contribution in [-0.2, 0) is 27.4 Å². The highest BCUT2D eigenvalue weighted by Crippen LogP contribution is 2.18. The van der Waals surface area contributed by atoms with E-state index in [1.165, 1.54) is 0 Å². The summed E-state index contributed by atoms with van der Waals surface area (Å²) in [6.45, 7) is 0.353. The fourth-order valence-electron chi connectivity index (χ4n) is 3.31. The topological polar surface area (TPSA) is 117 Å². The molecule has 0 saturated heterocycles. The molecule has 1 aromatic carbocycles. The van der Waals surface area contributed by atoms with E-state index in [9.17, 15) is 9.59 Å². The van der Waals surface area contributed by atoms with Crippen LogP contribution in [0.25, 0.3) is 11.0 Å². The van der Waals surface area contributed by atoms with Gasteiger partial charge in [0.15, 0.2) is 0 Å². The predicted octanol–water partition coefficient (Wildman–Crippen LogP) is 2.66. The molecule has 3 heterocycles. The third-order valence-corrected chi connectivity index (χ3v) is 5.33. The van der Waals surface area contributed by atoms with E-state index in [1.807, 2.05) is 42.5 Å². The SMILES string of the molecule is O=C(NC(Cc1c[nH]c2ncccc12)C(=O)NCC1C=C(Br)NO1)OCc1ccccc1. The van der Waals surface area contributed by atoms with Gasteiger partial charge < -0.3 is 20.4 Å². The number of benzene rings is 1. The number of aromatic nitrogens is 2. The molecule has 2 unspecified atom stereocenters. The Morgan fingerprint density at radius 3 is 2.84 bits per heavy atom. The van der Waals surface area contributed by atoms with Crippen molar-refractivity contribution in [2.45, 2.75) is 25.2 Å². The summed E-state index contributed by atoms with van der Waals surface area (Å²) in [6, 6.07) is 12.2. The number of halogens is 1. The number of aromatic amines is 1. The first-order valence-electron chi connectivity index (χ1n) is 10.0. The Morgan fingerprint density at radius 1 is 1.22 bits per heavy atom. The number of carbonyl (C=O) groups excluding carboxylic acids is 2. The molecular formula is C22H22BrN5O4. The van der Waals surface area contributed by atoms with Gasteiger partial charge in [0.05, 0.1) is 6.54 Å².